The van der Waals surface area contributed by atoms with Crippen molar-refractivity contribution in [3.05, 3.63) is 29.8 Å². The molecule has 4 heteroatoms. The van der Waals surface area contributed by atoms with Crippen molar-refractivity contribution >= 4 is 5.97 Å². The summed E-state index contributed by atoms with van der Waals surface area (Å²) in [5, 5.41) is 12.9. The molecule has 1 fully saturated rings. The summed E-state index contributed by atoms with van der Waals surface area (Å²) >= 11 is 0. The molecule has 1 atom stereocenters. The van der Waals surface area contributed by atoms with Gasteiger partial charge in [0.05, 0.1) is 6.61 Å². The second kappa shape index (κ2) is 4.28. The van der Waals surface area contributed by atoms with Crippen molar-refractivity contribution in [3.63, 3.8) is 0 Å². The Balaban J connectivity index is 1.95. The highest BCUT2D eigenvalue weighted by Gasteiger charge is 2.45. The number of hydrogen-bond donors (Lipinski definition) is 2. The average molecular weight is 247 g/mol. The van der Waals surface area contributed by atoms with Crippen molar-refractivity contribution in [2.24, 2.45) is 5.92 Å². The van der Waals surface area contributed by atoms with E-state index in [4.69, 9.17) is 4.74 Å². The number of rotatable bonds is 4. The van der Waals surface area contributed by atoms with Crippen molar-refractivity contribution in [1.29, 1.82) is 0 Å². The van der Waals surface area contributed by atoms with Crippen LogP contribution in [0.5, 0.6) is 5.75 Å². The normalized spacial score (nSPS) is 26.2. The number of ether oxygens (including phenoxy) is 1. The second-order valence-electron chi connectivity index (χ2n) is 5.13. The lowest BCUT2D eigenvalue weighted by Gasteiger charge is -2.36. The highest BCUT2D eigenvalue weighted by molar-refractivity contribution is 5.82. The summed E-state index contributed by atoms with van der Waals surface area (Å²) in [5.74, 6) is 0.532. The fourth-order valence-corrected chi connectivity index (χ4v) is 2.52. The van der Waals surface area contributed by atoms with Crippen LogP contribution in [-0.4, -0.2) is 24.2 Å². The zero-order chi connectivity index (χ0) is 12.6. The largest absolute Gasteiger partial charge is 0.493 e. The lowest BCUT2D eigenvalue weighted by atomic mass is 9.84. The first-order chi connectivity index (χ1) is 8.72. The smallest absolute Gasteiger partial charge is 0.328 e. The van der Waals surface area contributed by atoms with Gasteiger partial charge in [0.15, 0.2) is 0 Å². The van der Waals surface area contributed by atoms with E-state index >= 15 is 0 Å². The van der Waals surface area contributed by atoms with Gasteiger partial charge in [0.1, 0.15) is 11.3 Å². The Morgan fingerprint density at radius 1 is 1.44 bits per heavy atom. The van der Waals surface area contributed by atoms with Crippen molar-refractivity contribution < 1.29 is 14.6 Å². The number of para-hydroxylation sites is 1. The maximum absolute atomic E-state index is 11.8. The molecule has 96 valence electrons. The van der Waals surface area contributed by atoms with Gasteiger partial charge in [0, 0.05) is 12.0 Å². The molecule has 1 unspecified atom stereocenters. The van der Waals surface area contributed by atoms with Crippen LogP contribution in [0.1, 0.15) is 24.8 Å². The summed E-state index contributed by atoms with van der Waals surface area (Å²) in [6.45, 7) is 1.22. The van der Waals surface area contributed by atoms with Gasteiger partial charge in [-0.15, -0.1) is 0 Å². The molecule has 0 saturated heterocycles. The summed E-state index contributed by atoms with van der Waals surface area (Å²) in [7, 11) is 0. The number of benzene rings is 1. The maximum Gasteiger partial charge on any atom is 0.328 e. The fourth-order valence-electron chi connectivity index (χ4n) is 2.52. The minimum atomic E-state index is -0.975. The van der Waals surface area contributed by atoms with E-state index in [0.29, 0.717) is 24.7 Å². The average Bonchev–Trinajstić information content (AvgIpc) is 3.20. The zero-order valence-corrected chi connectivity index (χ0v) is 10.2. The number of aliphatic carboxylic acids is 1. The molecule has 2 N–H and O–H groups in total. The molecule has 1 aliphatic heterocycles. The molecule has 0 spiro atoms. The molecule has 1 aromatic rings. The molecular formula is C14H17NO3. The molecule has 0 aromatic heterocycles. The Hall–Kier alpha value is -1.55. The predicted octanol–water partition coefficient (Wildman–Crippen LogP) is 1.75. The van der Waals surface area contributed by atoms with Crippen molar-refractivity contribution in [1.82, 2.24) is 5.32 Å². The first kappa shape index (κ1) is 11.5. The first-order valence-corrected chi connectivity index (χ1v) is 6.43. The summed E-state index contributed by atoms with van der Waals surface area (Å²) in [6.07, 6.45) is 2.90. The summed E-state index contributed by atoms with van der Waals surface area (Å²) < 4.78 is 5.55. The second-order valence-corrected chi connectivity index (χ2v) is 5.13. The van der Waals surface area contributed by atoms with E-state index in [1.165, 1.54) is 12.8 Å². The molecule has 3 rings (SSSR count). The maximum atomic E-state index is 11.8. The van der Waals surface area contributed by atoms with Gasteiger partial charge in [0.25, 0.3) is 0 Å². The Bertz CT molecular complexity index is 470. The van der Waals surface area contributed by atoms with Crippen LogP contribution in [0, 0.1) is 5.92 Å². The summed E-state index contributed by atoms with van der Waals surface area (Å²) in [4.78, 5) is 11.8. The number of carboxylic acids is 1. The Morgan fingerprint density at radius 3 is 2.94 bits per heavy atom. The van der Waals surface area contributed by atoms with Gasteiger partial charge in [0.2, 0.25) is 0 Å². The molecule has 0 radical (unpaired) electrons. The lowest BCUT2D eigenvalue weighted by Crippen LogP contribution is -2.52. The monoisotopic (exact) mass is 247 g/mol. The van der Waals surface area contributed by atoms with E-state index in [1.54, 1.807) is 0 Å². The number of carbonyl (C=O) groups is 1. The number of fused-ring (bicyclic) bond motifs is 1. The third-order valence-corrected chi connectivity index (χ3v) is 3.84. The van der Waals surface area contributed by atoms with Gasteiger partial charge in [-0.3, -0.25) is 5.32 Å². The molecule has 18 heavy (non-hydrogen) atoms. The van der Waals surface area contributed by atoms with E-state index in [0.717, 1.165) is 12.1 Å². The summed E-state index contributed by atoms with van der Waals surface area (Å²) in [5.41, 5.74) is -0.221. The fraction of sp³-hybridized carbons (Fsp3) is 0.500. The standard InChI is InChI=1S/C14H17NO3/c16-13(17)14(15-9-10-5-6-10)7-8-18-12-4-2-1-3-11(12)14/h1-4,10,15H,5-9H2,(H,16,17). The van der Waals surface area contributed by atoms with E-state index < -0.39 is 11.5 Å². The van der Waals surface area contributed by atoms with Crippen LogP contribution in [-0.2, 0) is 10.3 Å². The zero-order valence-electron chi connectivity index (χ0n) is 10.2. The van der Waals surface area contributed by atoms with Gasteiger partial charge < -0.3 is 9.84 Å². The van der Waals surface area contributed by atoms with E-state index in [2.05, 4.69) is 5.32 Å². The van der Waals surface area contributed by atoms with Gasteiger partial charge in [-0.1, -0.05) is 18.2 Å². The van der Waals surface area contributed by atoms with Crippen LogP contribution >= 0.6 is 0 Å². The number of nitrogens with one attached hydrogen (secondary N) is 1. The molecule has 1 heterocycles. The molecule has 4 nitrogen and oxygen atoms in total. The first-order valence-electron chi connectivity index (χ1n) is 6.43. The lowest BCUT2D eigenvalue weighted by molar-refractivity contribution is -0.146. The van der Waals surface area contributed by atoms with Crippen molar-refractivity contribution in [2.45, 2.75) is 24.8 Å². The Kier molecular flexibility index (Phi) is 2.74. The van der Waals surface area contributed by atoms with Crippen LogP contribution in [0.4, 0.5) is 0 Å². The highest BCUT2D eigenvalue weighted by atomic mass is 16.5. The number of carboxylic acid groups (broad SMARTS) is 1. The molecular weight excluding hydrogens is 230 g/mol. The van der Waals surface area contributed by atoms with E-state index in [1.807, 2.05) is 24.3 Å². The third kappa shape index (κ3) is 1.86. The molecule has 1 saturated carbocycles. The van der Waals surface area contributed by atoms with Gasteiger partial charge in [-0.25, -0.2) is 4.79 Å². The molecule has 1 aromatic carbocycles. The van der Waals surface area contributed by atoms with Crippen LogP contribution in [0.2, 0.25) is 0 Å². The summed E-state index contributed by atoms with van der Waals surface area (Å²) in [6, 6.07) is 7.43. The predicted molar refractivity (Wildman–Crippen MR) is 66.6 cm³/mol. The van der Waals surface area contributed by atoms with Crippen LogP contribution in [0.15, 0.2) is 24.3 Å². The van der Waals surface area contributed by atoms with E-state index in [-0.39, 0.29) is 0 Å². The minimum absolute atomic E-state index is 0.445. The minimum Gasteiger partial charge on any atom is -0.493 e. The molecule has 0 amide bonds. The van der Waals surface area contributed by atoms with Gasteiger partial charge in [-0.2, -0.15) is 0 Å². The molecule has 2 aliphatic rings. The van der Waals surface area contributed by atoms with Crippen molar-refractivity contribution in [3.8, 4) is 5.75 Å². The SMILES string of the molecule is O=C(O)C1(NCC2CC2)CCOc2ccccc21. The molecule has 1 aliphatic carbocycles. The Labute approximate surface area is 106 Å². The third-order valence-electron chi connectivity index (χ3n) is 3.84. The topological polar surface area (TPSA) is 58.6 Å². The van der Waals surface area contributed by atoms with Crippen LogP contribution in [0.25, 0.3) is 0 Å². The van der Waals surface area contributed by atoms with Gasteiger partial charge >= 0.3 is 5.97 Å². The van der Waals surface area contributed by atoms with Gasteiger partial charge in [-0.05, 0) is 31.4 Å². The Morgan fingerprint density at radius 2 is 2.22 bits per heavy atom. The van der Waals surface area contributed by atoms with Crippen molar-refractivity contribution in [2.75, 3.05) is 13.2 Å². The molecule has 0 bridgehead atoms. The highest BCUT2D eigenvalue weighted by Crippen LogP contribution is 2.38. The quantitative estimate of drug-likeness (QED) is 0.851. The number of hydrogen-bond acceptors (Lipinski definition) is 3. The van der Waals surface area contributed by atoms with E-state index in [9.17, 15) is 9.90 Å². The van der Waals surface area contributed by atoms with Crippen LogP contribution < -0.4 is 10.1 Å². The van der Waals surface area contributed by atoms with Crippen LogP contribution in [0.3, 0.4) is 0 Å².